The van der Waals surface area contributed by atoms with Gasteiger partial charge in [-0.1, -0.05) is 18.2 Å². The van der Waals surface area contributed by atoms with Crippen LogP contribution < -0.4 is 19.5 Å². The van der Waals surface area contributed by atoms with Crippen molar-refractivity contribution in [3.8, 4) is 17.2 Å². The molecule has 1 aliphatic carbocycles. The lowest BCUT2D eigenvalue weighted by Gasteiger charge is -2.17. The van der Waals surface area contributed by atoms with Crippen LogP contribution in [0.15, 0.2) is 42.5 Å². The van der Waals surface area contributed by atoms with Gasteiger partial charge in [-0.3, -0.25) is 4.79 Å². The van der Waals surface area contributed by atoms with Crippen molar-refractivity contribution in [1.29, 1.82) is 0 Å². The minimum atomic E-state index is -0.484. The van der Waals surface area contributed by atoms with Gasteiger partial charge in [0.15, 0.2) is 11.5 Å². The molecule has 0 atom stereocenters. The molecule has 0 saturated heterocycles. The zero-order valence-corrected chi connectivity index (χ0v) is 12.8. The first-order valence-electron chi connectivity index (χ1n) is 7.57. The van der Waals surface area contributed by atoms with E-state index in [1.807, 2.05) is 42.5 Å². The number of hydrogen-bond acceptors (Lipinski definition) is 4. The van der Waals surface area contributed by atoms with Gasteiger partial charge >= 0.3 is 0 Å². The maximum absolute atomic E-state index is 12.8. The van der Waals surface area contributed by atoms with Gasteiger partial charge in [-0.25, -0.2) is 0 Å². The Bertz CT molecular complexity index is 767. The smallest absolute Gasteiger partial charge is 0.235 e. The highest BCUT2D eigenvalue weighted by Crippen LogP contribution is 2.51. The monoisotopic (exact) mass is 311 g/mol. The number of benzene rings is 2. The summed E-state index contributed by atoms with van der Waals surface area (Å²) in [6.07, 6.45) is 1.65. The fourth-order valence-electron chi connectivity index (χ4n) is 2.96. The highest BCUT2D eigenvalue weighted by Gasteiger charge is 2.51. The van der Waals surface area contributed by atoms with E-state index < -0.39 is 5.41 Å². The van der Waals surface area contributed by atoms with Gasteiger partial charge in [0, 0.05) is 0 Å². The first kappa shape index (κ1) is 13.9. The molecule has 1 amide bonds. The Morgan fingerprint density at radius 3 is 2.70 bits per heavy atom. The third-order valence-corrected chi connectivity index (χ3v) is 4.46. The molecule has 5 nitrogen and oxygen atoms in total. The summed E-state index contributed by atoms with van der Waals surface area (Å²) in [5.41, 5.74) is 1.17. The molecule has 1 aliphatic heterocycles. The number of fused-ring (bicyclic) bond motifs is 1. The Kier molecular flexibility index (Phi) is 3.15. The van der Waals surface area contributed by atoms with Gasteiger partial charge in [-0.05, 0) is 42.7 Å². The molecule has 0 bridgehead atoms. The van der Waals surface area contributed by atoms with E-state index in [9.17, 15) is 4.79 Å². The van der Waals surface area contributed by atoms with Crippen LogP contribution in [-0.4, -0.2) is 19.8 Å². The molecule has 0 aromatic heterocycles. The first-order chi connectivity index (χ1) is 11.2. The minimum absolute atomic E-state index is 0.0131. The zero-order chi connectivity index (χ0) is 15.9. The van der Waals surface area contributed by atoms with Gasteiger partial charge in [0.05, 0.1) is 18.2 Å². The van der Waals surface area contributed by atoms with Crippen LogP contribution in [0, 0.1) is 0 Å². The predicted molar refractivity (Wildman–Crippen MR) is 85.1 cm³/mol. The predicted octanol–water partition coefficient (Wildman–Crippen LogP) is 3.09. The molecule has 5 heteroatoms. The largest absolute Gasteiger partial charge is 0.495 e. The van der Waals surface area contributed by atoms with Crippen molar-refractivity contribution in [2.75, 3.05) is 19.2 Å². The van der Waals surface area contributed by atoms with Gasteiger partial charge in [0.2, 0.25) is 12.7 Å². The van der Waals surface area contributed by atoms with Gasteiger partial charge in [0.1, 0.15) is 5.75 Å². The van der Waals surface area contributed by atoms with Crippen molar-refractivity contribution in [2.24, 2.45) is 0 Å². The van der Waals surface area contributed by atoms with Crippen molar-refractivity contribution in [2.45, 2.75) is 18.3 Å². The van der Waals surface area contributed by atoms with E-state index in [-0.39, 0.29) is 12.7 Å². The average molecular weight is 311 g/mol. The standard InChI is InChI=1S/C18H17NO4/c1-21-14-5-3-2-4-13(14)19-17(20)18(8-9-18)12-6-7-15-16(10-12)23-11-22-15/h2-7,10H,8-9,11H2,1H3,(H,19,20). The topological polar surface area (TPSA) is 56.8 Å². The molecule has 2 aromatic rings. The number of carbonyl (C=O) groups is 1. The summed E-state index contributed by atoms with van der Waals surface area (Å²) in [5.74, 6) is 2.08. The molecule has 118 valence electrons. The van der Waals surface area contributed by atoms with E-state index in [2.05, 4.69) is 5.32 Å². The third kappa shape index (κ3) is 2.29. The van der Waals surface area contributed by atoms with Gasteiger partial charge in [-0.15, -0.1) is 0 Å². The molecule has 1 saturated carbocycles. The van der Waals surface area contributed by atoms with Gasteiger partial charge in [-0.2, -0.15) is 0 Å². The first-order valence-corrected chi connectivity index (χ1v) is 7.57. The molecule has 0 spiro atoms. The summed E-state index contributed by atoms with van der Waals surface area (Å²) >= 11 is 0. The molecule has 1 heterocycles. The second-order valence-electron chi connectivity index (χ2n) is 5.80. The number of carbonyl (C=O) groups excluding carboxylic acids is 1. The van der Waals surface area contributed by atoms with Crippen LogP contribution >= 0.6 is 0 Å². The van der Waals surface area contributed by atoms with Crippen LogP contribution in [-0.2, 0) is 10.2 Å². The maximum atomic E-state index is 12.8. The molecule has 1 N–H and O–H groups in total. The number of para-hydroxylation sites is 2. The molecule has 23 heavy (non-hydrogen) atoms. The maximum Gasteiger partial charge on any atom is 0.235 e. The minimum Gasteiger partial charge on any atom is -0.495 e. The van der Waals surface area contributed by atoms with Gasteiger partial charge in [0.25, 0.3) is 0 Å². The lowest BCUT2D eigenvalue weighted by molar-refractivity contribution is -0.118. The van der Waals surface area contributed by atoms with Crippen LogP contribution in [0.4, 0.5) is 5.69 Å². The second kappa shape index (κ2) is 5.19. The summed E-state index contributed by atoms with van der Waals surface area (Å²) in [4.78, 5) is 12.8. The summed E-state index contributed by atoms with van der Waals surface area (Å²) in [7, 11) is 1.59. The fourth-order valence-corrected chi connectivity index (χ4v) is 2.96. The van der Waals surface area contributed by atoms with Crippen LogP contribution in [0.5, 0.6) is 17.2 Å². The van der Waals surface area contributed by atoms with E-state index in [0.717, 1.165) is 24.2 Å². The van der Waals surface area contributed by atoms with Crippen LogP contribution in [0.25, 0.3) is 0 Å². The van der Waals surface area contributed by atoms with Crippen molar-refractivity contribution in [3.05, 3.63) is 48.0 Å². The van der Waals surface area contributed by atoms with E-state index in [1.54, 1.807) is 7.11 Å². The molecule has 2 aliphatic rings. The number of amides is 1. The molecule has 1 fully saturated rings. The van der Waals surface area contributed by atoms with Crippen molar-refractivity contribution < 1.29 is 19.0 Å². The van der Waals surface area contributed by atoms with E-state index in [1.165, 1.54) is 0 Å². The number of methoxy groups -OCH3 is 1. The van der Waals surface area contributed by atoms with Crippen LogP contribution in [0.2, 0.25) is 0 Å². The van der Waals surface area contributed by atoms with E-state index in [0.29, 0.717) is 17.2 Å². The van der Waals surface area contributed by atoms with E-state index >= 15 is 0 Å². The molecular formula is C18H17NO4. The molecule has 2 aromatic carbocycles. The summed E-state index contributed by atoms with van der Waals surface area (Å²) in [6, 6.07) is 13.1. The summed E-state index contributed by atoms with van der Waals surface area (Å²) < 4.78 is 16.1. The van der Waals surface area contributed by atoms with Crippen LogP contribution in [0.3, 0.4) is 0 Å². The number of anilines is 1. The number of nitrogens with one attached hydrogen (secondary N) is 1. The summed E-state index contributed by atoms with van der Waals surface area (Å²) in [6.45, 7) is 0.235. The highest BCUT2D eigenvalue weighted by molar-refractivity contribution is 6.02. The Morgan fingerprint density at radius 2 is 1.91 bits per heavy atom. The van der Waals surface area contributed by atoms with Gasteiger partial charge < -0.3 is 19.5 Å². The highest BCUT2D eigenvalue weighted by atomic mass is 16.7. The quantitative estimate of drug-likeness (QED) is 0.942. The van der Waals surface area contributed by atoms with Crippen molar-refractivity contribution >= 4 is 11.6 Å². The lowest BCUT2D eigenvalue weighted by atomic mass is 9.94. The number of ether oxygens (including phenoxy) is 3. The van der Waals surface area contributed by atoms with E-state index in [4.69, 9.17) is 14.2 Å². The molecule has 4 rings (SSSR count). The SMILES string of the molecule is COc1ccccc1NC(=O)C1(c2ccc3c(c2)OCO3)CC1. The fraction of sp³-hybridized carbons (Fsp3) is 0.278. The lowest BCUT2D eigenvalue weighted by Crippen LogP contribution is -2.28. The second-order valence-corrected chi connectivity index (χ2v) is 5.80. The molecule has 0 unspecified atom stereocenters. The number of hydrogen-bond donors (Lipinski definition) is 1. The van der Waals surface area contributed by atoms with Crippen molar-refractivity contribution in [3.63, 3.8) is 0 Å². The molecule has 0 radical (unpaired) electrons. The Hall–Kier alpha value is -2.69. The summed E-state index contributed by atoms with van der Waals surface area (Å²) in [5, 5.41) is 2.99. The Balaban J connectivity index is 1.60. The zero-order valence-electron chi connectivity index (χ0n) is 12.8. The average Bonchev–Trinajstić information content (AvgIpc) is 3.27. The number of rotatable bonds is 4. The van der Waals surface area contributed by atoms with Crippen LogP contribution in [0.1, 0.15) is 18.4 Å². The van der Waals surface area contributed by atoms with Crippen molar-refractivity contribution in [1.82, 2.24) is 0 Å². The normalized spacial score (nSPS) is 16.7. The molecular weight excluding hydrogens is 294 g/mol. The Morgan fingerprint density at radius 1 is 1.13 bits per heavy atom. The Labute approximate surface area is 134 Å². The third-order valence-electron chi connectivity index (χ3n) is 4.46.